The molecule has 2 fully saturated rings. The van der Waals surface area contributed by atoms with Gasteiger partial charge in [0.05, 0.1) is 11.8 Å². The third-order valence-corrected chi connectivity index (χ3v) is 5.29. The summed E-state index contributed by atoms with van der Waals surface area (Å²) < 4.78 is 7.46. The summed E-state index contributed by atoms with van der Waals surface area (Å²) in [6.45, 7) is 5.00. The number of methoxy groups -OCH3 is 1. The molecule has 0 amide bonds. The molecule has 4 rings (SSSR count). The Bertz CT molecular complexity index is 694. The van der Waals surface area contributed by atoms with Crippen molar-refractivity contribution in [1.82, 2.24) is 24.9 Å². The Balaban J connectivity index is 1.40. The quantitative estimate of drug-likeness (QED) is 0.819. The van der Waals surface area contributed by atoms with Crippen molar-refractivity contribution in [1.29, 1.82) is 0 Å². The molecule has 0 unspecified atom stereocenters. The molecule has 2 atom stereocenters. The minimum Gasteiger partial charge on any atom is -0.379 e. The standard InChI is InChI=1S/C18H26N6O/c1-22-12-16(20-21-22)15-11-23(13-17(15)25-2)10-14-5-6-18(19-9-14)24-7-3-4-8-24/h5-6,9,12,15,17H,3-4,7-8,10-11,13H2,1-2H3/t15-,17+/m0/s1. The van der Waals surface area contributed by atoms with Crippen LogP contribution in [0.2, 0.25) is 0 Å². The highest BCUT2D eigenvalue weighted by Crippen LogP contribution is 2.29. The highest BCUT2D eigenvalue weighted by Gasteiger charge is 2.35. The smallest absolute Gasteiger partial charge is 0.128 e. The highest BCUT2D eigenvalue weighted by atomic mass is 16.5. The van der Waals surface area contributed by atoms with Crippen molar-refractivity contribution in [3.8, 4) is 0 Å². The number of anilines is 1. The molecule has 0 spiro atoms. The summed E-state index contributed by atoms with van der Waals surface area (Å²) in [4.78, 5) is 9.45. The minimum atomic E-state index is 0.161. The Morgan fingerprint density at radius 3 is 2.68 bits per heavy atom. The Morgan fingerprint density at radius 2 is 2.04 bits per heavy atom. The molecular weight excluding hydrogens is 316 g/mol. The SMILES string of the molecule is CO[C@@H]1CN(Cc2ccc(N3CCCC3)nc2)C[C@H]1c1cn(C)nn1. The maximum atomic E-state index is 5.70. The van der Waals surface area contributed by atoms with E-state index in [-0.39, 0.29) is 12.0 Å². The molecule has 0 N–H and O–H groups in total. The normalized spacial score (nSPS) is 24.3. The van der Waals surface area contributed by atoms with Crippen molar-refractivity contribution in [2.45, 2.75) is 31.4 Å². The predicted molar refractivity (Wildman–Crippen MR) is 95.5 cm³/mol. The summed E-state index contributed by atoms with van der Waals surface area (Å²) >= 11 is 0. The van der Waals surface area contributed by atoms with Gasteiger partial charge in [0.2, 0.25) is 0 Å². The molecule has 2 aliphatic heterocycles. The molecule has 134 valence electrons. The van der Waals surface area contributed by atoms with Crippen LogP contribution in [0.25, 0.3) is 0 Å². The molecule has 4 heterocycles. The molecule has 0 aromatic carbocycles. The average molecular weight is 342 g/mol. The first-order valence-corrected chi connectivity index (χ1v) is 9.04. The number of aryl methyl sites for hydroxylation is 1. The summed E-state index contributed by atoms with van der Waals surface area (Å²) in [5.41, 5.74) is 2.26. The van der Waals surface area contributed by atoms with E-state index in [4.69, 9.17) is 4.74 Å². The van der Waals surface area contributed by atoms with E-state index in [1.54, 1.807) is 11.8 Å². The van der Waals surface area contributed by atoms with Gasteiger partial charge in [-0.15, -0.1) is 5.10 Å². The molecule has 2 aromatic rings. The van der Waals surface area contributed by atoms with Gasteiger partial charge in [-0.25, -0.2) is 4.98 Å². The van der Waals surface area contributed by atoms with Gasteiger partial charge in [0.1, 0.15) is 5.82 Å². The number of aromatic nitrogens is 4. The van der Waals surface area contributed by atoms with Gasteiger partial charge in [-0.1, -0.05) is 11.3 Å². The predicted octanol–water partition coefficient (Wildman–Crippen LogP) is 1.42. The number of pyridine rings is 1. The van der Waals surface area contributed by atoms with Crippen molar-refractivity contribution in [2.24, 2.45) is 7.05 Å². The zero-order valence-electron chi connectivity index (χ0n) is 15.0. The molecule has 0 aliphatic carbocycles. The first-order chi connectivity index (χ1) is 12.2. The highest BCUT2D eigenvalue weighted by molar-refractivity contribution is 5.40. The van der Waals surface area contributed by atoms with Crippen molar-refractivity contribution in [2.75, 3.05) is 38.2 Å². The molecule has 2 aromatic heterocycles. The van der Waals surface area contributed by atoms with Crippen LogP contribution in [0.3, 0.4) is 0 Å². The summed E-state index contributed by atoms with van der Waals surface area (Å²) in [7, 11) is 3.68. The van der Waals surface area contributed by atoms with Gasteiger partial charge >= 0.3 is 0 Å². The monoisotopic (exact) mass is 342 g/mol. The van der Waals surface area contributed by atoms with Gasteiger partial charge in [0.25, 0.3) is 0 Å². The fourth-order valence-electron chi connectivity index (χ4n) is 3.94. The second kappa shape index (κ2) is 7.09. The van der Waals surface area contributed by atoms with Gasteiger partial charge in [-0.05, 0) is 24.5 Å². The van der Waals surface area contributed by atoms with E-state index in [2.05, 4.69) is 37.2 Å². The fourth-order valence-corrected chi connectivity index (χ4v) is 3.94. The second-order valence-electron chi connectivity index (χ2n) is 7.11. The average Bonchev–Trinajstić information content (AvgIpc) is 3.35. The molecule has 0 bridgehead atoms. The van der Waals surface area contributed by atoms with E-state index in [9.17, 15) is 0 Å². The van der Waals surface area contributed by atoms with E-state index in [0.29, 0.717) is 0 Å². The van der Waals surface area contributed by atoms with Crippen LogP contribution in [0.15, 0.2) is 24.5 Å². The lowest BCUT2D eigenvalue weighted by Gasteiger charge is -2.18. The second-order valence-corrected chi connectivity index (χ2v) is 7.11. The number of likely N-dealkylation sites (tertiary alicyclic amines) is 1. The largest absolute Gasteiger partial charge is 0.379 e. The minimum absolute atomic E-state index is 0.161. The molecular formula is C18H26N6O. The van der Waals surface area contributed by atoms with E-state index >= 15 is 0 Å². The van der Waals surface area contributed by atoms with E-state index < -0.39 is 0 Å². The van der Waals surface area contributed by atoms with Gasteiger partial charge in [0, 0.05) is 65.2 Å². The Hall–Kier alpha value is -1.99. The molecule has 0 radical (unpaired) electrons. The Kier molecular flexibility index (Phi) is 4.67. The maximum Gasteiger partial charge on any atom is 0.128 e. The van der Waals surface area contributed by atoms with Crippen LogP contribution in [0.5, 0.6) is 0 Å². The molecule has 7 heteroatoms. The van der Waals surface area contributed by atoms with Crippen molar-refractivity contribution in [3.63, 3.8) is 0 Å². The molecule has 2 aliphatic rings. The Labute approximate surface area is 148 Å². The van der Waals surface area contributed by atoms with E-state index in [0.717, 1.165) is 44.2 Å². The number of ether oxygens (including phenoxy) is 1. The maximum absolute atomic E-state index is 5.70. The lowest BCUT2D eigenvalue weighted by Crippen LogP contribution is -2.23. The van der Waals surface area contributed by atoms with Crippen molar-refractivity contribution < 1.29 is 4.74 Å². The van der Waals surface area contributed by atoms with Gasteiger partial charge in [-0.3, -0.25) is 9.58 Å². The first-order valence-electron chi connectivity index (χ1n) is 9.04. The van der Waals surface area contributed by atoms with Gasteiger partial charge in [-0.2, -0.15) is 0 Å². The van der Waals surface area contributed by atoms with Crippen LogP contribution in [-0.4, -0.2) is 64.3 Å². The number of hydrogen-bond acceptors (Lipinski definition) is 6. The third-order valence-electron chi connectivity index (χ3n) is 5.29. The lowest BCUT2D eigenvalue weighted by atomic mass is 10.0. The third kappa shape index (κ3) is 3.52. The van der Waals surface area contributed by atoms with Gasteiger partial charge in [0.15, 0.2) is 0 Å². The molecule has 2 saturated heterocycles. The van der Waals surface area contributed by atoms with Crippen LogP contribution < -0.4 is 4.90 Å². The van der Waals surface area contributed by atoms with E-state index in [1.165, 1.54) is 18.4 Å². The van der Waals surface area contributed by atoms with Crippen molar-refractivity contribution >= 4 is 5.82 Å². The van der Waals surface area contributed by atoms with Crippen LogP contribution in [-0.2, 0) is 18.3 Å². The summed E-state index contributed by atoms with van der Waals surface area (Å²) in [5, 5.41) is 8.35. The fraction of sp³-hybridized carbons (Fsp3) is 0.611. The summed E-state index contributed by atoms with van der Waals surface area (Å²) in [5.74, 6) is 1.38. The molecule has 0 saturated carbocycles. The zero-order valence-corrected chi connectivity index (χ0v) is 15.0. The number of rotatable bonds is 5. The number of nitrogens with zero attached hydrogens (tertiary/aromatic N) is 6. The zero-order chi connectivity index (χ0) is 17.2. The van der Waals surface area contributed by atoms with Gasteiger partial charge < -0.3 is 9.64 Å². The molecule has 7 nitrogen and oxygen atoms in total. The topological polar surface area (TPSA) is 59.3 Å². The first kappa shape index (κ1) is 16.5. The number of hydrogen-bond donors (Lipinski definition) is 0. The summed E-state index contributed by atoms with van der Waals surface area (Å²) in [6, 6.07) is 4.36. The van der Waals surface area contributed by atoms with Crippen molar-refractivity contribution in [3.05, 3.63) is 35.8 Å². The molecule has 25 heavy (non-hydrogen) atoms. The van der Waals surface area contributed by atoms with Crippen LogP contribution >= 0.6 is 0 Å². The summed E-state index contributed by atoms with van der Waals surface area (Å²) in [6.07, 6.45) is 6.73. The van der Waals surface area contributed by atoms with Crippen LogP contribution in [0.1, 0.15) is 30.0 Å². The van der Waals surface area contributed by atoms with Crippen LogP contribution in [0, 0.1) is 0 Å². The Morgan fingerprint density at radius 1 is 1.20 bits per heavy atom. The van der Waals surface area contributed by atoms with Crippen LogP contribution in [0.4, 0.5) is 5.82 Å². The lowest BCUT2D eigenvalue weighted by molar-refractivity contribution is 0.0957. The van der Waals surface area contributed by atoms with E-state index in [1.807, 2.05) is 19.4 Å².